The smallest absolute Gasteiger partial charge is 0.146 e. The first-order chi connectivity index (χ1) is 4.93. The van der Waals surface area contributed by atoms with Crippen LogP contribution in [0.2, 0.25) is 0 Å². The van der Waals surface area contributed by atoms with Gasteiger partial charge in [0.05, 0.1) is 19.3 Å². The fraction of sp³-hybridized carbons (Fsp3) is 1.00. The molecule has 0 radical (unpaired) electrons. The quantitative estimate of drug-likeness (QED) is 0.315. The Morgan fingerprint density at radius 2 is 2.30 bits per heavy atom. The van der Waals surface area contributed by atoms with Crippen molar-refractivity contribution in [2.45, 2.75) is 19.4 Å². The standard InChI is InChI=1S/C7H14O3/c1-2-8-6-9-4-3-7-5-10-7/h7H,2-6H2,1H3/t7-/m1/s1. The maximum Gasteiger partial charge on any atom is 0.146 e. The summed E-state index contributed by atoms with van der Waals surface area (Å²) in [5.41, 5.74) is 0. The van der Waals surface area contributed by atoms with E-state index in [0.29, 0.717) is 12.9 Å². The van der Waals surface area contributed by atoms with E-state index < -0.39 is 0 Å². The summed E-state index contributed by atoms with van der Waals surface area (Å²) in [5, 5.41) is 0. The molecule has 1 rings (SSSR count). The predicted molar refractivity (Wildman–Crippen MR) is 36.8 cm³/mol. The van der Waals surface area contributed by atoms with E-state index in [9.17, 15) is 0 Å². The van der Waals surface area contributed by atoms with Gasteiger partial charge >= 0.3 is 0 Å². The van der Waals surface area contributed by atoms with Crippen LogP contribution in [0.25, 0.3) is 0 Å². The zero-order chi connectivity index (χ0) is 7.23. The van der Waals surface area contributed by atoms with E-state index in [1.807, 2.05) is 6.92 Å². The van der Waals surface area contributed by atoms with Gasteiger partial charge in [0.1, 0.15) is 6.79 Å². The monoisotopic (exact) mass is 146 g/mol. The van der Waals surface area contributed by atoms with Crippen LogP contribution in [0.3, 0.4) is 0 Å². The van der Waals surface area contributed by atoms with Crippen LogP contribution in [0, 0.1) is 0 Å². The van der Waals surface area contributed by atoms with Crippen molar-refractivity contribution < 1.29 is 14.2 Å². The Morgan fingerprint density at radius 1 is 1.50 bits per heavy atom. The van der Waals surface area contributed by atoms with Gasteiger partial charge in [-0.3, -0.25) is 0 Å². The second-order valence-electron chi connectivity index (χ2n) is 2.26. The molecule has 10 heavy (non-hydrogen) atoms. The maximum atomic E-state index is 5.12. The number of ether oxygens (including phenoxy) is 3. The van der Waals surface area contributed by atoms with Gasteiger partial charge in [0.2, 0.25) is 0 Å². The van der Waals surface area contributed by atoms with Crippen LogP contribution in [-0.4, -0.2) is 32.7 Å². The summed E-state index contributed by atoms with van der Waals surface area (Å²) in [7, 11) is 0. The van der Waals surface area contributed by atoms with Gasteiger partial charge in [0.15, 0.2) is 0 Å². The lowest BCUT2D eigenvalue weighted by atomic mass is 10.4. The second kappa shape index (κ2) is 4.66. The summed E-state index contributed by atoms with van der Waals surface area (Å²) < 4.78 is 15.1. The number of hydrogen-bond acceptors (Lipinski definition) is 3. The summed E-state index contributed by atoms with van der Waals surface area (Å²) in [5.74, 6) is 0. The van der Waals surface area contributed by atoms with Crippen LogP contribution in [0.15, 0.2) is 0 Å². The molecule has 1 saturated heterocycles. The largest absolute Gasteiger partial charge is 0.373 e. The average molecular weight is 146 g/mol. The summed E-state index contributed by atoms with van der Waals surface area (Å²) in [6.07, 6.45) is 1.48. The summed E-state index contributed by atoms with van der Waals surface area (Å²) >= 11 is 0. The normalized spacial score (nSPS) is 23.1. The molecule has 3 nitrogen and oxygen atoms in total. The molecule has 0 aromatic carbocycles. The molecule has 0 amide bonds. The second-order valence-corrected chi connectivity index (χ2v) is 2.26. The molecule has 60 valence electrons. The van der Waals surface area contributed by atoms with Gasteiger partial charge in [-0.2, -0.15) is 0 Å². The highest BCUT2D eigenvalue weighted by Crippen LogP contribution is 2.12. The van der Waals surface area contributed by atoms with E-state index in [1.54, 1.807) is 0 Å². The van der Waals surface area contributed by atoms with Crippen LogP contribution < -0.4 is 0 Å². The summed E-state index contributed by atoms with van der Waals surface area (Å²) in [6, 6.07) is 0. The molecule has 0 saturated carbocycles. The first kappa shape index (κ1) is 7.98. The highest BCUT2D eigenvalue weighted by atomic mass is 16.7. The highest BCUT2D eigenvalue weighted by Gasteiger charge is 2.21. The third-order valence-electron chi connectivity index (χ3n) is 1.36. The summed E-state index contributed by atoms with van der Waals surface area (Å²) in [4.78, 5) is 0. The van der Waals surface area contributed by atoms with Crippen LogP contribution in [0.5, 0.6) is 0 Å². The number of hydrogen-bond donors (Lipinski definition) is 0. The fourth-order valence-electron chi connectivity index (χ4n) is 0.651. The number of rotatable bonds is 6. The fourth-order valence-corrected chi connectivity index (χ4v) is 0.651. The van der Waals surface area contributed by atoms with E-state index in [2.05, 4.69) is 0 Å². The molecular weight excluding hydrogens is 132 g/mol. The van der Waals surface area contributed by atoms with Crippen molar-refractivity contribution in [2.24, 2.45) is 0 Å². The van der Waals surface area contributed by atoms with E-state index in [0.717, 1.165) is 26.2 Å². The van der Waals surface area contributed by atoms with Crippen molar-refractivity contribution in [1.82, 2.24) is 0 Å². The average Bonchev–Trinajstić information content (AvgIpc) is 2.71. The number of epoxide rings is 1. The highest BCUT2D eigenvalue weighted by molar-refractivity contribution is 4.67. The van der Waals surface area contributed by atoms with Gasteiger partial charge in [0, 0.05) is 6.61 Å². The lowest BCUT2D eigenvalue weighted by Crippen LogP contribution is -2.02. The minimum atomic E-state index is 0.420. The zero-order valence-corrected chi connectivity index (χ0v) is 6.34. The third kappa shape index (κ3) is 3.82. The molecule has 0 aromatic rings. The van der Waals surface area contributed by atoms with Gasteiger partial charge in [0.25, 0.3) is 0 Å². The van der Waals surface area contributed by atoms with E-state index in [4.69, 9.17) is 14.2 Å². The summed E-state index contributed by atoms with van der Waals surface area (Å²) in [6.45, 7) is 4.76. The molecule has 0 bridgehead atoms. The molecule has 0 unspecified atom stereocenters. The van der Waals surface area contributed by atoms with Crippen LogP contribution in [0.4, 0.5) is 0 Å². The van der Waals surface area contributed by atoms with E-state index in [1.165, 1.54) is 0 Å². The van der Waals surface area contributed by atoms with Crippen molar-refractivity contribution in [3.05, 3.63) is 0 Å². The van der Waals surface area contributed by atoms with Crippen LogP contribution in [0.1, 0.15) is 13.3 Å². The van der Waals surface area contributed by atoms with Gasteiger partial charge < -0.3 is 14.2 Å². The molecule has 1 fully saturated rings. The van der Waals surface area contributed by atoms with Gasteiger partial charge in [-0.1, -0.05) is 0 Å². The molecule has 0 aromatic heterocycles. The molecule has 1 atom stereocenters. The van der Waals surface area contributed by atoms with Gasteiger partial charge in [-0.25, -0.2) is 0 Å². The van der Waals surface area contributed by atoms with Crippen molar-refractivity contribution in [3.63, 3.8) is 0 Å². The van der Waals surface area contributed by atoms with E-state index >= 15 is 0 Å². The minimum absolute atomic E-state index is 0.420. The molecule has 1 aliphatic rings. The molecular formula is C7H14O3. The van der Waals surface area contributed by atoms with Gasteiger partial charge in [-0.05, 0) is 13.3 Å². The Kier molecular flexibility index (Phi) is 3.72. The lowest BCUT2D eigenvalue weighted by Gasteiger charge is -2.00. The Bertz CT molecular complexity index is 80.9. The Morgan fingerprint density at radius 3 is 2.90 bits per heavy atom. The first-order valence-corrected chi connectivity index (χ1v) is 3.70. The molecule has 1 aliphatic heterocycles. The SMILES string of the molecule is CCOCOCC[C@@H]1CO1. The Hall–Kier alpha value is -0.120. The van der Waals surface area contributed by atoms with Crippen molar-refractivity contribution in [1.29, 1.82) is 0 Å². The van der Waals surface area contributed by atoms with Crippen molar-refractivity contribution in [2.75, 3.05) is 26.6 Å². The molecule has 3 heteroatoms. The van der Waals surface area contributed by atoms with Crippen molar-refractivity contribution >= 4 is 0 Å². The van der Waals surface area contributed by atoms with E-state index in [-0.39, 0.29) is 0 Å². The molecule has 1 heterocycles. The Labute approximate surface area is 61.3 Å². The molecule has 0 N–H and O–H groups in total. The predicted octanol–water partition coefficient (Wildman–Crippen LogP) is 0.786. The lowest BCUT2D eigenvalue weighted by molar-refractivity contribution is -0.0508. The topological polar surface area (TPSA) is 31.0 Å². The Balaban J connectivity index is 1.68. The maximum absolute atomic E-state index is 5.12. The van der Waals surface area contributed by atoms with Crippen LogP contribution in [-0.2, 0) is 14.2 Å². The zero-order valence-electron chi connectivity index (χ0n) is 6.34. The minimum Gasteiger partial charge on any atom is -0.373 e. The third-order valence-corrected chi connectivity index (χ3v) is 1.36. The van der Waals surface area contributed by atoms with Crippen molar-refractivity contribution in [3.8, 4) is 0 Å². The molecule has 0 spiro atoms. The molecule has 0 aliphatic carbocycles. The van der Waals surface area contributed by atoms with Gasteiger partial charge in [-0.15, -0.1) is 0 Å². The van der Waals surface area contributed by atoms with Crippen LogP contribution >= 0.6 is 0 Å². The first-order valence-electron chi connectivity index (χ1n) is 3.70.